The van der Waals surface area contributed by atoms with Crippen molar-refractivity contribution in [3.05, 3.63) is 34.9 Å². The number of hydrogen-bond donors (Lipinski definition) is 1. The summed E-state index contributed by atoms with van der Waals surface area (Å²) in [6, 6.07) is 1.49. The number of aromatic nitrogens is 4. The summed E-state index contributed by atoms with van der Waals surface area (Å²) >= 11 is 6.07. The molecule has 0 aromatic carbocycles. The second-order valence-corrected chi connectivity index (χ2v) is 5.12. The second kappa shape index (κ2) is 6.61. The van der Waals surface area contributed by atoms with Crippen molar-refractivity contribution < 1.29 is 14.7 Å². The number of carboxylic acids is 1. The van der Waals surface area contributed by atoms with Crippen molar-refractivity contribution in [3.63, 3.8) is 0 Å². The fraction of sp³-hybridized carbons (Fsp3) is 0.385. The molecule has 0 atom stereocenters. The van der Waals surface area contributed by atoms with E-state index in [1.807, 2.05) is 6.92 Å². The highest BCUT2D eigenvalue weighted by molar-refractivity contribution is 6.31. The molecule has 9 heteroatoms. The molecule has 2 rings (SSSR count). The van der Waals surface area contributed by atoms with E-state index in [0.717, 1.165) is 5.69 Å². The van der Waals surface area contributed by atoms with Crippen LogP contribution < -0.4 is 0 Å². The smallest absolute Gasteiger partial charge is 0.325 e. The predicted molar refractivity (Wildman–Crippen MR) is 78.6 cm³/mol. The minimum absolute atomic E-state index is 0.183. The van der Waals surface area contributed by atoms with Crippen molar-refractivity contribution in [1.82, 2.24) is 24.5 Å². The first-order valence-corrected chi connectivity index (χ1v) is 7.01. The summed E-state index contributed by atoms with van der Waals surface area (Å²) in [5.74, 6) is -1.34. The summed E-state index contributed by atoms with van der Waals surface area (Å²) in [6.07, 6.45) is 3.00. The molecule has 2 heterocycles. The van der Waals surface area contributed by atoms with E-state index in [2.05, 4.69) is 10.2 Å². The van der Waals surface area contributed by atoms with E-state index in [1.165, 1.54) is 21.8 Å². The van der Waals surface area contributed by atoms with Gasteiger partial charge in [0.25, 0.3) is 5.91 Å². The Balaban J connectivity index is 2.10. The van der Waals surface area contributed by atoms with Crippen LogP contribution in [0.3, 0.4) is 0 Å². The Morgan fingerprint density at radius 1 is 1.45 bits per heavy atom. The third-order valence-electron chi connectivity index (χ3n) is 3.09. The van der Waals surface area contributed by atoms with E-state index in [0.29, 0.717) is 11.6 Å². The number of carboxylic acid groups (broad SMARTS) is 1. The fourth-order valence-corrected chi connectivity index (χ4v) is 2.21. The Labute approximate surface area is 131 Å². The van der Waals surface area contributed by atoms with Gasteiger partial charge in [0, 0.05) is 19.8 Å². The highest BCUT2D eigenvalue weighted by atomic mass is 35.5. The molecule has 2 aromatic heterocycles. The summed E-state index contributed by atoms with van der Waals surface area (Å²) < 4.78 is 2.92. The van der Waals surface area contributed by atoms with Crippen molar-refractivity contribution in [1.29, 1.82) is 0 Å². The van der Waals surface area contributed by atoms with Gasteiger partial charge < -0.3 is 10.0 Å². The summed E-state index contributed by atoms with van der Waals surface area (Å²) in [5, 5.41) is 17.3. The van der Waals surface area contributed by atoms with Gasteiger partial charge in [0.2, 0.25) is 0 Å². The van der Waals surface area contributed by atoms with Gasteiger partial charge in [-0.2, -0.15) is 10.2 Å². The molecular formula is C13H16ClN5O3. The molecule has 0 aliphatic heterocycles. The molecule has 0 spiro atoms. The van der Waals surface area contributed by atoms with E-state index in [9.17, 15) is 9.59 Å². The maximum Gasteiger partial charge on any atom is 0.325 e. The number of nitrogens with zero attached hydrogens (tertiary/aromatic N) is 5. The van der Waals surface area contributed by atoms with Crippen LogP contribution in [-0.2, 0) is 24.4 Å². The SMILES string of the molecule is CCn1ncc(Cl)c1CN(C)C(=O)c1ccn(CC(=O)O)n1. The average Bonchev–Trinajstić information content (AvgIpc) is 3.05. The molecule has 118 valence electrons. The predicted octanol–water partition coefficient (Wildman–Crippen LogP) is 1.11. The third kappa shape index (κ3) is 3.45. The monoisotopic (exact) mass is 325 g/mol. The Bertz CT molecular complexity index is 694. The van der Waals surface area contributed by atoms with Gasteiger partial charge in [-0.05, 0) is 13.0 Å². The van der Waals surface area contributed by atoms with Crippen LogP contribution in [0, 0.1) is 0 Å². The molecule has 8 nitrogen and oxygen atoms in total. The summed E-state index contributed by atoms with van der Waals surface area (Å²) in [4.78, 5) is 24.4. The van der Waals surface area contributed by atoms with Gasteiger partial charge in [-0.1, -0.05) is 11.6 Å². The van der Waals surface area contributed by atoms with Crippen LogP contribution in [0.2, 0.25) is 5.02 Å². The number of halogens is 1. The van der Waals surface area contributed by atoms with Gasteiger partial charge in [-0.3, -0.25) is 19.0 Å². The Hall–Kier alpha value is -2.35. The number of hydrogen-bond acceptors (Lipinski definition) is 4. The number of aliphatic carboxylic acids is 1. The van der Waals surface area contributed by atoms with Crippen molar-refractivity contribution >= 4 is 23.5 Å². The first kappa shape index (κ1) is 16.0. The average molecular weight is 326 g/mol. The van der Waals surface area contributed by atoms with E-state index in [1.54, 1.807) is 17.9 Å². The zero-order chi connectivity index (χ0) is 16.3. The van der Waals surface area contributed by atoms with Crippen molar-refractivity contribution in [3.8, 4) is 0 Å². The van der Waals surface area contributed by atoms with Crippen molar-refractivity contribution in [2.75, 3.05) is 7.05 Å². The summed E-state index contributed by atoms with van der Waals surface area (Å²) in [5.41, 5.74) is 0.924. The maximum absolute atomic E-state index is 12.3. The molecule has 0 aliphatic rings. The van der Waals surface area contributed by atoms with Crippen LogP contribution in [0.4, 0.5) is 0 Å². The van der Waals surface area contributed by atoms with Crippen LogP contribution >= 0.6 is 11.6 Å². The molecule has 1 N–H and O–H groups in total. The summed E-state index contributed by atoms with van der Waals surface area (Å²) in [6.45, 7) is 2.59. The molecule has 0 radical (unpaired) electrons. The van der Waals surface area contributed by atoms with Gasteiger partial charge in [-0.15, -0.1) is 0 Å². The number of carbonyl (C=O) groups is 2. The van der Waals surface area contributed by atoms with E-state index >= 15 is 0 Å². The van der Waals surface area contributed by atoms with Crippen molar-refractivity contribution in [2.24, 2.45) is 0 Å². The Morgan fingerprint density at radius 3 is 2.82 bits per heavy atom. The van der Waals surface area contributed by atoms with Crippen LogP contribution in [0.5, 0.6) is 0 Å². The lowest BCUT2D eigenvalue weighted by molar-refractivity contribution is -0.137. The van der Waals surface area contributed by atoms with Gasteiger partial charge in [0.15, 0.2) is 0 Å². The Morgan fingerprint density at radius 2 is 2.18 bits per heavy atom. The molecule has 0 fully saturated rings. The van der Waals surface area contributed by atoms with Crippen LogP contribution in [0.1, 0.15) is 23.1 Å². The normalized spacial score (nSPS) is 10.7. The number of rotatable bonds is 6. The minimum atomic E-state index is -1.02. The molecule has 2 aromatic rings. The molecule has 0 saturated carbocycles. The van der Waals surface area contributed by atoms with Crippen LogP contribution in [0.25, 0.3) is 0 Å². The molecule has 1 amide bonds. The van der Waals surface area contributed by atoms with Crippen LogP contribution in [-0.4, -0.2) is 48.5 Å². The summed E-state index contributed by atoms with van der Waals surface area (Å²) in [7, 11) is 1.63. The minimum Gasteiger partial charge on any atom is -0.480 e. The zero-order valence-corrected chi connectivity index (χ0v) is 13.0. The highest BCUT2D eigenvalue weighted by Crippen LogP contribution is 2.17. The first-order chi connectivity index (χ1) is 10.4. The molecule has 0 bridgehead atoms. The quantitative estimate of drug-likeness (QED) is 0.858. The van der Waals surface area contributed by atoms with Crippen molar-refractivity contribution in [2.45, 2.75) is 26.6 Å². The van der Waals surface area contributed by atoms with Gasteiger partial charge in [0.1, 0.15) is 12.2 Å². The topological polar surface area (TPSA) is 93.2 Å². The van der Waals surface area contributed by atoms with E-state index < -0.39 is 5.97 Å². The third-order valence-corrected chi connectivity index (χ3v) is 3.40. The maximum atomic E-state index is 12.3. The number of amides is 1. The second-order valence-electron chi connectivity index (χ2n) is 4.71. The van der Waals surface area contributed by atoms with Gasteiger partial charge in [-0.25, -0.2) is 0 Å². The largest absolute Gasteiger partial charge is 0.480 e. The molecule has 0 saturated heterocycles. The molecule has 22 heavy (non-hydrogen) atoms. The lowest BCUT2D eigenvalue weighted by atomic mass is 10.3. The molecular weight excluding hydrogens is 310 g/mol. The van der Waals surface area contributed by atoms with Gasteiger partial charge >= 0.3 is 5.97 Å². The number of aryl methyl sites for hydroxylation is 1. The lowest BCUT2D eigenvalue weighted by Crippen LogP contribution is -2.28. The van der Waals surface area contributed by atoms with Crippen LogP contribution in [0.15, 0.2) is 18.5 Å². The Kier molecular flexibility index (Phi) is 4.81. The lowest BCUT2D eigenvalue weighted by Gasteiger charge is -2.17. The first-order valence-electron chi connectivity index (χ1n) is 6.63. The molecule has 0 aliphatic carbocycles. The zero-order valence-electron chi connectivity index (χ0n) is 12.2. The number of carbonyl (C=O) groups excluding carboxylic acids is 1. The van der Waals surface area contributed by atoms with Gasteiger partial charge in [0.05, 0.1) is 23.5 Å². The fourth-order valence-electron chi connectivity index (χ4n) is 2.01. The molecule has 0 unspecified atom stereocenters. The highest BCUT2D eigenvalue weighted by Gasteiger charge is 2.18. The van der Waals surface area contributed by atoms with E-state index in [-0.39, 0.29) is 24.7 Å². The standard InChI is InChI=1S/C13H16ClN5O3/c1-3-19-11(9(14)6-15-19)7-17(2)13(22)10-4-5-18(16-10)8-12(20)21/h4-6H,3,7-8H2,1-2H3,(H,20,21). The van der Waals surface area contributed by atoms with E-state index in [4.69, 9.17) is 16.7 Å².